The van der Waals surface area contributed by atoms with E-state index in [9.17, 15) is 27.1 Å². The summed E-state index contributed by atoms with van der Waals surface area (Å²) in [4.78, 5) is 12.5. The molecular weight excluding hydrogens is 410 g/mol. The fourth-order valence-corrected chi connectivity index (χ4v) is 5.02. The number of anilines is 1. The molecule has 1 saturated heterocycles. The molecule has 2 N–H and O–H groups in total. The molecule has 0 aliphatic carbocycles. The number of rotatable bonds is 6. The van der Waals surface area contributed by atoms with Crippen molar-refractivity contribution in [3.63, 3.8) is 0 Å². The third kappa shape index (κ3) is 4.62. The number of nitrogens with one attached hydrogen (secondary N) is 1. The maximum atomic E-state index is 13.2. The van der Waals surface area contributed by atoms with E-state index in [2.05, 4.69) is 5.32 Å². The van der Waals surface area contributed by atoms with Crippen LogP contribution in [-0.2, 0) is 14.8 Å². The molecule has 1 heterocycles. The number of carbonyl (C=O) groups is 1. The SMILES string of the molecule is O=C(CSc1ccc(F)c(F)c1)Nc1cc(S(=O)(=O)N2CCCC2)ccc1O. The average molecular weight is 428 g/mol. The highest BCUT2D eigenvalue weighted by atomic mass is 32.2. The van der Waals surface area contributed by atoms with Crippen molar-refractivity contribution in [1.29, 1.82) is 0 Å². The quantitative estimate of drug-likeness (QED) is 0.545. The van der Waals surface area contributed by atoms with Crippen molar-refractivity contribution in [1.82, 2.24) is 4.31 Å². The molecule has 2 aromatic rings. The van der Waals surface area contributed by atoms with E-state index in [1.165, 1.54) is 28.6 Å². The summed E-state index contributed by atoms with van der Waals surface area (Å²) in [6, 6.07) is 7.00. The Morgan fingerprint density at radius 2 is 1.82 bits per heavy atom. The molecule has 1 aliphatic heterocycles. The predicted molar refractivity (Wildman–Crippen MR) is 102 cm³/mol. The van der Waals surface area contributed by atoms with Crippen LogP contribution in [0.2, 0.25) is 0 Å². The summed E-state index contributed by atoms with van der Waals surface area (Å²) in [6.07, 6.45) is 1.59. The second-order valence-electron chi connectivity index (χ2n) is 6.20. The number of aromatic hydroxyl groups is 1. The van der Waals surface area contributed by atoms with E-state index in [-0.39, 0.29) is 22.1 Å². The van der Waals surface area contributed by atoms with Gasteiger partial charge in [-0.1, -0.05) is 0 Å². The van der Waals surface area contributed by atoms with Crippen LogP contribution in [0.15, 0.2) is 46.2 Å². The molecule has 1 aliphatic rings. The Bertz CT molecular complexity index is 993. The van der Waals surface area contributed by atoms with Gasteiger partial charge in [0, 0.05) is 18.0 Å². The Morgan fingerprint density at radius 3 is 2.50 bits per heavy atom. The number of sulfonamides is 1. The Kier molecular flexibility index (Phi) is 6.21. The van der Waals surface area contributed by atoms with Gasteiger partial charge < -0.3 is 10.4 Å². The lowest BCUT2D eigenvalue weighted by molar-refractivity contribution is -0.113. The highest BCUT2D eigenvalue weighted by Gasteiger charge is 2.27. The molecule has 0 spiro atoms. The van der Waals surface area contributed by atoms with Gasteiger partial charge in [-0.3, -0.25) is 4.79 Å². The maximum absolute atomic E-state index is 13.2. The van der Waals surface area contributed by atoms with E-state index in [0.717, 1.165) is 36.7 Å². The standard InChI is InChI=1S/C18H18F2N2O4S2/c19-14-5-3-12(9-15(14)20)27-11-18(24)21-16-10-13(4-6-17(16)23)28(25,26)22-7-1-2-8-22/h3-6,9-10,23H,1-2,7-8,11H2,(H,21,24). The van der Waals surface area contributed by atoms with Gasteiger partial charge in [0.1, 0.15) is 5.75 Å². The Labute approximate surface area is 165 Å². The van der Waals surface area contributed by atoms with Crippen molar-refractivity contribution >= 4 is 33.4 Å². The first-order valence-electron chi connectivity index (χ1n) is 8.48. The van der Waals surface area contributed by atoms with Crippen LogP contribution in [0.4, 0.5) is 14.5 Å². The minimum Gasteiger partial charge on any atom is -0.506 e. The van der Waals surface area contributed by atoms with Crippen molar-refractivity contribution in [3.05, 3.63) is 48.0 Å². The molecule has 150 valence electrons. The molecule has 6 nitrogen and oxygen atoms in total. The molecule has 0 bridgehead atoms. The van der Waals surface area contributed by atoms with Gasteiger partial charge in [0.05, 0.1) is 16.3 Å². The van der Waals surface area contributed by atoms with Gasteiger partial charge in [0.15, 0.2) is 11.6 Å². The van der Waals surface area contributed by atoms with E-state index in [1.54, 1.807) is 0 Å². The number of amides is 1. The average Bonchev–Trinajstić information content (AvgIpc) is 3.20. The van der Waals surface area contributed by atoms with Crippen molar-refractivity contribution in [2.24, 2.45) is 0 Å². The highest BCUT2D eigenvalue weighted by molar-refractivity contribution is 8.00. The van der Waals surface area contributed by atoms with Gasteiger partial charge in [-0.2, -0.15) is 4.31 Å². The van der Waals surface area contributed by atoms with E-state index in [4.69, 9.17) is 0 Å². The monoisotopic (exact) mass is 428 g/mol. The van der Waals surface area contributed by atoms with Gasteiger partial charge >= 0.3 is 0 Å². The molecule has 0 atom stereocenters. The number of hydrogen-bond acceptors (Lipinski definition) is 5. The van der Waals surface area contributed by atoms with Crippen molar-refractivity contribution in [2.45, 2.75) is 22.6 Å². The molecule has 1 fully saturated rings. The first-order chi connectivity index (χ1) is 13.3. The number of halogens is 2. The molecular formula is C18H18F2N2O4S2. The van der Waals surface area contributed by atoms with Crippen molar-refractivity contribution in [3.8, 4) is 5.75 Å². The number of nitrogens with zero attached hydrogens (tertiary/aromatic N) is 1. The summed E-state index contributed by atoms with van der Waals surface area (Å²) >= 11 is 0.980. The van der Waals surface area contributed by atoms with Crippen LogP contribution in [0.1, 0.15) is 12.8 Å². The number of hydrogen-bond donors (Lipinski definition) is 2. The number of benzene rings is 2. The number of carbonyl (C=O) groups excluding carboxylic acids is 1. The lowest BCUT2D eigenvalue weighted by atomic mass is 10.3. The number of phenolic OH excluding ortho intramolecular Hbond substituents is 1. The lowest BCUT2D eigenvalue weighted by Crippen LogP contribution is -2.28. The normalized spacial score (nSPS) is 14.9. The van der Waals surface area contributed by atoms with Gasteiger partial charge in [-0.15, -0.1) is 11.8 Å². The fourth-order valence-electron chi connectivity index (χ4n) is 2.76. The third-order valence-electron chi connectivity index (χ3n) is 4.21. The smallest absolute Gasteiger partial charge is 0.243 e. The molecule has 10 heteroatoms. The van der Waals surface area contributed by atoms with Crippen molar-refractivity contribution < 1.29 is 27.1 Å². The van der Waals surface area contributed by atoms with Crippen molar-refractivity contribution in [2.75, 3.05) is 24.2 Å². The highest BCUT2D eigenvalue weighted by Crippen LogP contribution is 2.30. The summed E-state index contributed by atoms with van der Waals surface area (Å²) < 4.78 is 52.7. The Balaban J connectivity index is 1.69. The zero-order valence-electron chi connectivity index (χ0n) is 14.7. The van der Waals surface area contributed by atoms with E-state index in [1.807, 2.05) is 0 Å². The molecule has 3 rings (SSSR count). The summed E-state index contributed by atoms with van der Waals surface area (Å²) in [5.74, 6) is -2.92. The minimum atomic E-state index is -3.69. The van der Waals surface area contributed by atoms with Gasteiger partial charge in [-0.05, 0) is 49.2 Å². The zero-order valence-corrected chi connectivity index (χ0v) is 16.3. The topological polar surface area (TPSA) is 86.7 Å². The van der Waals surface area contributed by atoms with E-state index in [0.29, 0.717) is 18.0 Å². The molecule has 0 radical (unpaired) electrons. The van der Waals surface area contributed by atoms with Gasteiger partial charge in [-0.25, -0.2) is 17.2 Å². The summed E-state index contributed by atoms with van der Waals surface area (Å²) in [6.45, 7) is 0.880. The van der Waals surface area contributed by atoms with Crippen LogP contribution in [0, 0.1) is 11.6 Å². The fraction of sp³-hybridized carbons (Fsp3) is 0.278. The van der Waals surface area contributed by atoms with Crippen LogP contribution in [0.25, 0.3) is 0 Å². The van der Waals surface area contributed by atoms with E-state index >= 15 is 0 Å². The Morgan fingerprint density at radius 1 is 1.11 bits per heavy atom. The molecule has 0 saturated carbocycles. The van der Waals surface area contributed by atoms with E-state index < -0.39 is 27.6 Å². The molecule has 2 aromatic carbocycles. The predicted octanol–water partition coefficient (Wildman–Crippen LogP) is 3.19. The minimum absolute atomic E-state index is 0.0178. The van der Waals surface area contributed by atoms with Gasteiger partial charge in [0.25, 0.3) is 0 Å². The lowest BCUT2D eigenvalue weighted by Gasteiger charge is -2.16. The van der Waals surface area contributed by atoms with Crippen LogP contribution in [0.5, 0.6) is 5.75 Å². The summed E-state index contributed by atoms with van der Waals surface area (Å²) in [5, 5.41) is 12.4. The van der Waals surface area contributed by atoms with Crippen LogP contribution in [0.3, 0.4) is 0 Å². The molecule has 0 aromatic heterocycles. The first-order valence-corrected chi connectivity index (χ1v) is 10.9. The summed E-state index contributed by atoms with van der Waals surface area (Å²) in [7, 11) is -3.69. The first kappa shape index (κ1) is 20.6. The van der Waals surface area contributed by atoms with Gasteiger partial charge in [0.2, 0.25) is 15.9 Å². The second kappa shape index (κ2) is 8.46. The maximum Gasteiger partial charge on any atom is 0.243 e. The largest absolute Gasteiger partial charge is 0.506 e. The molecule has 0 unspecified atom stereocenters. The third-order valence-corrected chi connectivity index (χ3v) is 7.09. The van der Waals surface area contributed by atoms with Crippen LogP contribution in [-0.4, -0.2) is 42.6 Å². The molecule has 28 heavy (non-hydrogen) atoms. The summed E-state index contributed by atoms with van der Waals surface area (Å²) in [5.41, 5.74) is -0.0313. The molecule has 1 amide bonds. The number of phenols is 1. The van der Waals surface area contributed by atoms with Crippen LogP contribution < -0.4 is 5.32 Å². The zero-order chi connectivity index (χ0) is 20.3. The number of thioether (sulfide) groups is 1. The Hall–Kier alpha value is -2.17. The van der Waals surface area contributed by atoms with Crippen LogP contribution >= 0.6 is 11.8 Å². The second-order valence-corrected chi connectivity index (χ2v) is 9.19.